The van der Waals surface area contributed by atoms with E-state index in [1.54, 1.807) is 6.08 Å². The molecule has 4 nitrogen and oxygen atoms in total. The molecule has 380 valence electrons. The van der Waals surface area contributed by atoms with Gasteiger partial charge in [0.1, 0.15) is 0 Å². The van der Waals surface area contributed by atoms with Gasteiger partial charge in [-0.3, -0.25) is 4.79 Å². The molecule has 0 saturated heterocycles. The van der Waals surface area contributed by atoms with E-state index in [-0.39, 0.29) is 12.5 Å². The number of amides is 1. The summed E-state index contributed by atoms with van der Waals surface area (Å²) in [6, 6.07) is -0.641. The summed E-state index contributed by atoms with van der Waals surface area (Å²) in [5.74, 6) is -0.0735. The fourth-order valence-electron chi connectivity index (χ4n) is 8.26. The van der Waals surface area contributed by atoms with Gasteiger partial charge < -0.3 is 15.5 Å². The maximum absolute atomic E-state index is 12.4. The molecule has 66 heavy (non-hydrogen) atoms. The molecule has 0 aromatic heterocycles. The Morgan fingerprint density at radius 3 is 1.06 bits per heavy atom. The van der Waals surface area contributed by atoms with Crippen molar-refractivity contribution in [1.29, 1.82) is 0 Å². The van der Waals surface area contributed by atoms with Gasteiger partial charge in [-0.1, -0.05) is 278 Å². The van der Waals surface area contributed by atoms with Crippen molar-refractivity contribution in [3.05, 3.63) is 97.2 Å². The van der Waals surface area contributed by atoms with Crippen LogP contribution in [-0.4, -0.2) is 34.9 Å². The van der Waals surface area contributed by atoms with Gasteiger partial charge in [0.25, 0.3) is 0 Å². The lowest BCUT2D eigenvalue weighted by Crippen LogP contribution is -2.45. The summed E-state index contributed by atoms with van der Waals surface area (Å²) in [7, 11) is 0. The Bertz CT molecular complexity index is 1220. The molecule has 2 unspecified atom stereocenters. The number of carbonyl (C=O) groups excluding carboxylic acids is 1. The van der Waals surface area contributed by atoms with E-state index in [0.29, 0.717) is 6.42 Å². The van der Waals surface area contributed by atoms with Crippen molar-refractivity contribution in [1.82, 2.24) is 5.32 Å². The quantitative estimate of drug-likeness (QED) is 0.0421. The highest BCUT2D eigenvalue weighted by atomic mass is 16.3. The van der Waals surface area contributed by atoms with E-state index in [9.17, 15) is 15.0 Å². The molecular weight excluding hydrogens is 807 g/mol. The van der Waals surface area contributed by atoms with E-state index < -0.39 is 12.1 Å². The first-order valence-corrected chi connectivity index (χ1v) is 28.5. The number of nitrogens with one attached hydrogen (secondary N) is 1. The molecule has 0 spiro atoms. The number of unbranched alkanes of at least 4 members (excludes halogenated alkanes) is 30. The second-order valence-electron chi connectivity index (χ2n) is 19.0. The van der Waals surface area contributed by atoms with E-state index >= 15 is 0 Å². The normalized spacial score (nSPS) is 13.6. The van der Waals surface area contributed by atoms with E-state index in [0.717, 1.165) is 70.6 Å². The van der Waals surface area contributed by atoms with E-state index in [2.05, 4.69) is 104 Å². The fourth-order valence-corrected chi connectivity index (χ4v) is 8.26. The minimum absolute atomic E-state index is 0.0735. The van der Waals surface area contributed by atoms with Crippen molar-refractivity contribution in [2.24, 2.45) is 0 Å². The van der Waals surface area contributed by atoms with Crippen LogP contribution in [0, 0.1) is 0 Å². The van der Waals surface area contributed by atoms with Crippen molar-refractivity contribution < 1.29 is 15.0 Å². The minimum Gasteiger partial charge on any atom is -0.394 e. The molecule has 3 N–H and O–H groups in total. The Labute approximate surface area is 411 Å². The second kappa shape index (κ2) is 56.6. The highest BCUT2D eigenvalue weighted by Gasteiger charge is 2.18. The summed E-state index contributed by atoms with van der Waals surface area (Å²) in [5, 5.41) is 23.1. The van der Waals surface area contributed by atoms with Crippen molar-refractivity contribution in [3.8, 4) is 0 Å². The zero-order chi connectivity index (χ0) is 47.7. The lowest BCUT2D eigenvalue weighted by Gasteiger charge is -2.19. The number of hydrogen-bond donors (Lipinski definition) is 3. The highest BCUT2D eigenvalue weighted by Crippen LogP contribution is 2.16. The number of allylic oxidation sites excluding steroid dienone is 15. The lowest BCUT2D eigenvalue weighted by molar-refractivity contribution is -0.123. The topological polar surface area (TPSA) is 69.6 Å². The summed E-state index contributed by atoms with van der Waals surface area (Å²) in [6.45, 7) is 4.18. The average Bonchev–Trinajstić information content (AvgIpc) is 3.32. The maximum atomic E-state index is 12.4. The van der Waals surface area contributed by atoms with Crippen molar-refractivity contribution in [2.75, 3.05) is 6.61 Å². The van der Waals surface area contributed by atoms with Crippen LogP contribution in [0.3, 0.4) is 0 Å². The Kier molecular flexibility index (Phi) is 54.3. The zero-order valence-electron chi connectivity index (χ0n) is 43.7. The number of hydrogen-bond acceptors (Lipinski definition) is 3. The molecule has 0 aromatic carbocycles. The smallest absolute Gasteiger partial charge is 0.220 e. The van der Waals surface area contributed by atoms with Gasteiger partial charge in [-0.15, -0.1) is 0 Å². The van der Waals surface area contributed by atoms with Gasteiger partial charge in [0.05, 0.1) is 18.8 Å². The largest absolute Gasteiger partial charge is 0.394 e. The summed E-state index contributed by atoms with van der Waals surface area (Å²) < 4.78 is 0. The predicted octanol–water partition coefficient (Wildman–Crippen LogP) is 18.9. The van der Waals surface area contributed by atoms with Crippen LogP contribution in [0.25, 0.3) is 0 Å². The van der Waals surface area contributed by atoms with Crippen LogP contribution in [-0.2, 0) is 4.79 Å². The van der Waals surface area contributed by atoms with Crippen LogP contribution in [0.5, 0.6) is 0 Å². The molecule has 2 atom stereocenters. The fraction of sp³-hybridized carbons (Fsp3) is 0.726. The first-order valence-electron chi connectivity index (χ1n) is 28.5. The zero-order valence-corrected chi connectivity index (χ0v) is 43.7. The Hall–Kier alpha value is -2.69. The number of aliphatic hydroxyl groups excluding tert-OH is 2. The molecule has 0 rings (SSSR count). The van der Waals surface area contributed by atoms with Crippen LogP contribution >= 0.6 is 0 Å². The standard InChI is InChI=1S/C62H109NO3/c1-3-5-7-9-11-13-15-17-19-20-21-22-23-24-25-26-27-28-29-30-31-32-33-34-35-36-37-38-39-40-41-42-44-46-48-50-52-54-56-58-62(66)63-60(59-64)61(65)57-55-53-51-49-47-45-43-18-16-14-12-10-8-6-4-2/h5,7,11,13,17,19,21-22,24-25,27-28,47,49,55,57,60-61,64-65H,3-4,6,8-10,12,14-16,18,20,23,26,29-46,48,50-54,56,58-59H2,1-2H3,(H,63,66)/b7-5-,13-11-,19-17-,22-21-,25-24-,28-27-,49-47+,57-55+. The van der Waals surface area contributed by atoms with Gasteiger partial charge in [0.2, 0.25) is 5.91 Å². The predicted molar refractivity (Wildman–Crippen MR) is 294 cm³/mol. The van der Waals surface area contributed by atoms with Gasteiger partial charge in [-0.05, 0) is 83.5 Å². The van der Waals surface area contributed by atoms with Gasteiger partial charge in [-0.2, -0.15) is 0 Å². The highest BCUT2D eigenvalue weighted by molar-refractivity contribution is 5.76. The first kappa shape index (κ1) is 63.3. The van der Waals surface area contributed by atoms with Crippen molar-refractivity contribution >= 4 is 5.91 Å². The molecule has 0 fully saturated rings. The molecule has 4 heteroatoms. The van der Waals surface area contributed by atoms with Crippen LogP contribution in [0.1, 0.15) is 271 Å². The molecule has 0 bridgehead atoms. The van der Waals surface area contributed by atoms with Crippen LogP contribution in [0.4, 0.5) is 0 Å². The van der Waals surface area contributed by atoms with E-state index in [1.807, 2.05) is 6.08 Å². The van der Waals surface area contributed by atoms with Crippen LogP contribution in [0.2, 0.25) is 0 Å². The molecular formula is C62H109NO3. The Balaban J connectivity index is 3.48. The number of carbonyl (C=O) groups is 1. The molecule has 0 aliphatic carbocycles. The molecule has 0 saturated carbocycles. The molecule has 0 aliphatic rings. The molecule has 0 heterocycles. The lowest BCUT2D eigenvalue weighted by atomic mass is 10.0. The van der Waals surface area contributed by atoms with Crippen molar-refractivity contribution in [3.63, 3.8) is 0 Å². The third-order valence-corrected chi connectivity index (χ3v) is 12.6. The van der Waals surface area contributed by atoms with Gasteiger partial charge >= 0.3 is 0 Å². The average molecular weight is 917 g/mol. The maximum Gasteiger partial charge on any atom is 0.220 e. The number of aliphatic hydroxyl groups is 2. The Morgan fingerprint density at radius 1 is 0.379 bits per heavy atom. The van der Waals surface area contributed by atoms with Crippen LogP contribution in [0.15, 0.2) is 97.2 Å². The first-order chi connectivity index (χ1) is 32.7. The van der Waals surface area contributed by atoms with E-state index in [1.165, 1.54) is 180 Å². The summed E-state index contributed by atoms with van der Waals surface area (Å²) in [6.07, 6.45) is 84.3. The SMILES string of the molecule is CC/C=C\C/C=C\C/C=C\C/C=C\C/C=C\C/C=C\CCCCCCCCCCCCCCCCCCCCCCC(=O)NC(CO)C(O)/C=C/CC/C=C/CCCCCCCCCCC. The minimum atomic E-state index is -0.864. The third kappa shape index (κ3) is 52.3. The third-order valence-electron chi connectivity index (χ3n) is 12.6. The van der Waals surface area contributed by atoms with Gasteiger partial charge in [0.15, 0.2) is 0 Å². The molecule has 1 amide bonds. The van der Waals surface area contributed by atoms with E-state index in [4.69, 9.17) is 0 Å². The summed E-state index contributed by atoms with van der Waals surface area (Å²) in [5.41, 5.74) is 0. The molecule has 0 radical (unpaired) electrons. The molecule has 0 aliphatic heterocycles. The molecule has 0 aromatic rings. The number of rotatable bonds is 51. The van der Waals surface area contributed by atoms with Gasteiger partial charge in [-0.25, -0.2) is 0 Å². The second-order valence-corrected chi connectivity index (χ2v) is 19.0. The van der Waals surface area contributed by atoms with Crippen molar-refractivity contribution in [2.45, 2.75) is 283 Å². The van der Waals surface area contributed by atoms with Crippen LogP contribution < -0.4 is 5.32 Å². The Morgan fingerprint density at radius 2 is 0.682 bits per heavy atom. The van der Waals surface area contributed by atoms with Gasteiger partial charge in [0, 0.05) is 6.42 Å². The summed E-state index contributed by atoms with van der Waals surface area (Å²) in [4.78, 5) is 12.4. The monoisotopic (exact) mass is 916 g/mol. The summed E-state index contributed by atoms with van der Waals surface area (Å²) >= 11 is 0.